The lowest BCUT2D eigenvalue weighted by Crippen LogP contribution is -2.58. The summed E-state index contributed by atoms with van der Waals surface area (Å²) in [5.41, 5.74) is 6.59. The van der Waals surface area contributed by atoms with Crippen LogP contribution in [0, 0.1) is 11.8 Å². The van der Waals surface area contributed by atoms with E-state index in [-0.39, 0.29) is 5.54 Å². The maximum atomic E-state index is 6.33. The molecule has 0 aromatic carbocycles. The Morgan fingerprint density at radius 3 is 2.25 bits per heavy atom. The predicted octanol–water partition coefficient (Wildman–Crippen LogP) is 3.53. The predicted molar refractivity (Wildman–Crippen MR) is 84.7 cm³/mol. The maximum absolute atomic E-state index is 6.33. The second kappa shape index (κ2) is 5.57. The van der Waals surface area contributed by atoms with Gasteiger partial charge in [-0.3, -0.25) is 4.99 Å². The topological polar surface area (TPSA) is 41.6 Å². The van der Waals surface area contributed by atoms with Crippen LogP contribution >= 0.6 is 0 Å². The Morgan fingerprint density at radius 1 is 1.05 bits per heavy atom. The number of rotatable bonds is 1. The number of hydrogen-bond acceptors (Lipinski definition) is 3. The van der Waals surface area contributed by atoms with Crippen molar-refractivity contribution in [1.29, 1.82) is 0 Å². The van der Waals surface area contributed by atoms with Gasteiger partial charge in [-0.25, -0.2) is 0 Å². The zero-order valence-corrected chi connectivity index (χ0v) is 13.3. The third kappa shape index (κ3) is 2.56. The molecule has 114 valence electrons. The van der Waals surface area contributed by atoms with E-state index in [2.05, 4.69) is 23.7 Å². The lowest BCUT2D eigenvalue weighted by Gasteiger charge is -2.49. The van der Waals surface area contributed by atoms with E-state index in [1.54, 1.807) is 0 Å². The van der Waals surface area contributed by atoms with Crippen LogP contribution in [0.3, 0.4) is 0 Å². The summed E-state index contributed by atoms with van der Waals surface area (Å²) in [5, 5.41) is 0. The van der Waals surface area contributed by atoms with Crippen LogP contribution in [0.1, 0.15) is 71.6 Å². The number of nitrogens with zero attached hydrogens (tertiary/aromatic N) is 2. The van der Waals surface area contributed by atoms with Crippen molar-refractivity contribution in [3.63, 3.8) is 0 Å². The highest BCUT2D eigenvalue weighted by Gasteiger charge is 2.48. The van der Waals surface area contributed by atoms with Crippen molar-refractivity contribution < 1.29 is 0 Å². The summed E-state index contributed by atoms with van der Waals surface area (Å²) in [7, 11) is 0. The van der Waals surface area contributed by atoms with E-state index < -0.39 is 0 Å². The average molecular weight is 277 g/mol. The Hall–Kier alpha value is -0.730. The zero-order chi connectivity index (χ0) is 14.2. The van der Waals surface area contributed by atoms with Gasteiger partial charge in [0.15, 0.2) is 5.96 Å². The molecule has 1 heterocycles. The Bertz CT molecular complexity index is 358. The number of guanidine groups is 1. The van der Waals surface area contributed by atoms with Crippen molar-refractivity contribution in [2.75, 3.05) is 6.54 Å². The molecule has 0 aromatic heterocycles. The van der Waals surface area contributed by atoms with Gasteiger partial charge in [0.25, 0.3) is 0 Å². The summed E-state index contributed by atoms with van der Waals surface area (Å²) >= 11 is 0. The molecule has 0 aromatic rings. The summed E-state index contributed by atoms with van der Waals surface area (Å²) in [6, 6.07) is 0.654. The maximum Gasteiger partial charge on any atom is 0.192 e. The third-order valence-corrected chi connectivity index (χ3v) is 5.74. The van der Waals surface area contributed by atoms with Crippen LogP contribution in [0.5, 0.6) is 0 Å². The average Bonchev–Trinajstić information content (AvgIpc) is 2.57. The first-order valence-corrected chi connectivity index (χ1v) is 8.70. The molecule has 20 heavy (non-hydrogen) atoms. The highest BCUT2D eigenvalue weighted by Crippen LogP contribution is 2.44. The second-order valence-electron chi connectivity index (χ2n) is 7.77. The van der Waals surface area contributed by atoms with Crippen molar-refractivity contribution in [3.05, 3.63) is 0 Å². The van der Waals surface area contributed by atoms with Crippen LogP contribution in [-0.4, -0.2) is 29.0 Å². The van der Waals surface area contributed by atoms with Gasteiger partial charge in [0.2, 0.25) is 0 Å². The van der Waals surface area contributed by atoms with Crippen molar-refractivity contribution in [1.82, 2.24) is 4.90 Å². The van der Waals surface area contributed by atoms with E-state index in [0.717, 1.165) is 24.3 Å². The molecule has 1 aliphatic heterocycles. The first kappa shape index (κ1) is 14.2. The van der Waals surface area contributed by atoms with E-state index >= 15 is 0 Å². The van der Waals surface area contributed by atoms with Gasteiger partial charge in [-0.15, -0.1) is 0 Å². The Labute approximate surface area is 124 Å². The molecule has 2 N–H and O–H groups in total. The van der Waals surface area contributed by atoms with Gasteiger partial charge in [0.1, 0.15) is 0 Å². The first-order chi connectivity index (χ1) is 9.61. The molecule has 1 spiro atoms. The Balaban J connectivity index is 1.83. The first-order valence-electron chi connectivity index (χ1n) is 8.70. The lowest BCUT2D eigenvalue weighted by atomic mass is 9.70. The van der Waals surface area contributed by atoms with Crippen LogP contribution in [-0.2, 0) is 0 Å². The molecule has 3 rings (SSSR count). The minimum Gasteiger partial charge on any atom is -0.370 e. The molecule has 2 unspecified atom stereocenters. The molecule has 0 radical (unpaired) electrons. The monoisotopic (exact) mass is 277 g/mol. The molecule has 2 aliphatic carbocycles. The standard InChI is InChI=1S/C17H31N3/c1-13-9-14(2)11-17(10-13)12-19-16(18)20(17)15-7-5-3-4-6-8-15/h13-15H,3-12H2,1-2H3,(H2,18,19). The third-order valence-electron chi connectivity index (χ3n) is 5.74. The lowest BCUT2D eigenvalue weighted by molar-refractivity contribution is 0.0517. The van der Waals surface area contributed by atoms with Crippen molar-refractivity contribution in [3.8, 4) is 0 Å². The molecule has 3 nitrogen and oxygen atoms in total. The molecular formula is C17H31N3. The number of hydrogen-bond donors (Lipinski definition) is 1. The highest BCUT2D eigenvalue weighted by atomic mass is 15.4. The fraction of sp³-hybridized carbons (Fsp3) is 0.941. The minimum absolute atomic E-state index is 0.260. The van der Waals surface area contributed by atoms with Gasteiger partial charge in [-0.1, -0.05) is 39.5 Å². The SMILES string of the molecule is CC1CC(C)CC2(CN=C(N)N2C2CCCCCC2)C1. The summed E-state index contributed by atoms with van der Waals surface area (Å²) in [4.78, 5) is 7.28. The molecule has 2 fully saturated rings. The molecule has 2 saturated carbocycles. The number of aliphatic imine (C=N–C) groups is 1. The fourth-order valence-electron chi connectivity index (χ4n) is 5.27. The quantitative estimate of drug-likeness (QED) is 0.745. The van der Waals surface area contributed by atoms with Crippen LogP contribution in [0.2, 0.25) is 0 Å². The van der Waals surface area contributed by atoms with Crippen molar-refractivity contribution >= 4 is 5.96 Å². The molecule has 2 atom stereocenters. The molecule has 0 amide bonds. The van der Waals surface area contributed by atoms with Crippen molar-refractivity contribution in [2.45, 2.75) is 83.2 Å². The highest BCUT2D eigenvalue weighted by molar-refractivity contribution is 5.81. The van der Waals surface area contributed by atoms with E-state index in [1.165, 1.54) is 57.8 Å². The molecule has 3 heteroatoms. The number of nitrogens with two attached hydrogens (primary N) is 1. The summed E-state index contributed by atoms with van der Waals surface area (Å²) < 4.78 is 0. The van der Waals surface area contributed by atoms with E-state index in [0.29, 0.717) is 6.04 Å². The Kier molecular flexibility index (Phi) is 3.96. The van der Waals surface area contributed by atoms with Crippen LogP contribution < -0.4 is 5.73 Å². The second-order valence-corrected chi connectivity index (χ2v) is 7.77. The molecule has 0 saturated heterocycles. The van der Waals surface area contributed by atoms with Crippen LogP contribution in [0.25, 0.3) is 0 Å². The van der Waals surface area contributed by atoms with E-state index in [9.17, 15) is 0 Å². The van der Waals surface area contributed by atoms with Crippen molar-refractivity contribution in [2.24, 2.45) is 22.6 Å². The minimum atomic E-state index is 0.260. The summed E-state index contributed by atoms with van der Waals surface area (Å²) in [6.07, 6.45) is 12.1. The van der Waals surface area contributed by atoms with Gasteiger partial charge in [0, 0.05) is 6.04 Å². The van der Waals surface area contributed by atoms with E-state index in [4.69, 9.17) is 5.73 Å². The largest absolute Gasteiger partial charge is 0.370 e. The van der Waals surface area contributed by atoms with Gasteiger partial charge < -0.3 is 10.6 Å². The zero-order valence-electron chi connectivity index (χ0n) is 13.3. The van der Waals surface area contributed by atoms with E-state index in [1.807, 2.05) is 0 Å². The van der Waals surface area contributed by atoms with Gasteiger partial charge >= 0.3 is 0 Å². The fourth-order valence-corrected chi connectivity index (χ4v) is 5.27. The summed E-state index contributed by atoms with van der Waals surface area (Å²) in [5.74, 6) is 2.47. The van der Waals surface area contributed by atoms with Crippen LogP contribution in [0.4, 0.5) is 0 Å². The van der Waals surface area contributed by atoms with Gasteiger partial charge in [-0.05, 0) is 43.9 Å². The van der Waals surface area contributed by atoms with Gasteiger partial charge in [0.05, 0.1) is 12.1 Å². The van der Waals surface area contributed by atoms with Gasteiger partial charge in [-0.2, -0.15) is 0 Å². The normalized spacial score (nSPS) is 39.9. The molecular weight excluding hydrogens is 246 g/mol. The summed E-state index contributed by atoms with van der Waals surface area (Å²) in [6.45, 7) is 5.78. The Morgan fingerprint density at radius 2 is 1.65 bits per heavy atom. The smallest absolute Gasteiger partial charge is 0.192 e. The molecule has 3 aliphatic rings. The van der Waals surface area contributed by atoms with Crippen LogP contribution in [0.15, 0.2) is 4.99 Å². The molecule has 0 bridgehead atoms.